The second kappa shape index (κ2) is 6.51. The van der Waals surface area contributed by atoms with Gasteiger partial charge in [-0.15, -0.1) is 0 Å². The Bertz CT molecular complexity index is 831. The van der Waals surface area contributed by atoms with E-state index in [-0.39, 0.29) is 4.90 Å². The molecule has 0 aliphatic heterocycles. The summed E-state index contributed by atoms with van der Waals surface area (Å²) in [4.78, 5) is 12.5. The predicted octanol–water partition coefficient (Wildman–Crippen LogP) is 4.18. The zero-order valence-electron chi connectivity index (χ0n) is 12.5. The molecule has 0 aromatic heterocycles. The maximum atomic E-state index is 12.7. The van der Waals surface area contributed by atoms with Gasteiger partial charge < -0.3 is 5.32 Å². The highest BCUT2D eigenvalue weighted by Crippen LogP contribution is 2.29. The third kappa shape index (κ3) is 3.52. The molecule has 0 unspecified atom stereocenters. The Morgan fingerprint density at radius 3 is 2.13 bits per heavy atom. The van der Waals surface area contributed by atoms with Crippen molar-refractivity contribution in [3.05, 3.63) is 58.6 Å². The molecule has 0 spiro atoms. The molecule has 0 bridgehead atoms. The van der Waals surface area contributed by atoms with Crippen LogP contribution in [0.15, 0.2) is 53.4 Å². The number of anilines is 1. The van der Waals surface area contributed by atoms with Crippen LogP contribution in [0.25, 0.3) is 0 Å². The summed E-state index contributed by atoms with van der Waals surface area (Å²) < 4.78 is 23.8. The normalized spacial score (nSPS) is 12.0. The summed E-state index contributed by atoms with van der Waals surface area (Å²) in [6, 6.07) is 12.3. The third-order valence-corrected chi connectivity index (χ3v) is 6.47. The van der Waals surface area contributed by atoms with Gasteiger partial charge in [0.2, 0.25) is 5.91 Å². The van der Waals surface area contributed by atoms with Crippen molar-refractivity contribution in [3.8, 4) is 0 Å². The van der Waals surface area contributed by atoms with Gasteiger partial charge in [-0.3, -0.25) is 4.79 Å². The lowest BCUT2D eigenvalue weighted by molar-refractivity contribution is -0.117. The van der Waals surface area contributed by atoms with Gasteiger partial charge in [0.1, 0.15) is 4.75 Å². The van der Waals surface area contributed by atoms with Crippen LogP contribution in [0.1, 0.15) is 13.8 Å². The fraction of sp³-hybridized carbons (Fsp3) is 0.188. The first-order valence-corrected chi connectivity index (χ1v) is 8.96. The van der Waals surface area contributed by atoms with Crippen LogP contribution >= 0.6 is 23.2 Å². The van der Waals surface area contributed by atoms with Gasteiger partial charge in [0, 0.05) is 5.02 Å². The van der Waals surface area contributed by atoms with E-state index in [2.05, 4.69) is 5.32 Å². The third-order valence-electron chi connectivity index (χ3n) is 3.46. The van der Waals surface area contributed by atoms with Crippen LogP contribution in [0, 0.1) is 0 Å². The van der Waals surface area contributed by atoms with E-state index in [1.165, 1.54) is 38.1 Å². The topological polar surface area (TPSA) is 63.2 Å². The van der Waals surface area contributed by atoms with Crippen molar-refractivity contribution in [1.82, 2.24) is 0 Å². The van der Waals surface area contributed by atoms with E-state index < -0.39 is 20.5 Å². The quantitative estimate of drug-likeness (QED) is 0.876. The highest BCUT2D eigenvalue weighted by Gasteiger charge is 2.43. The van der Waals surface area contributed by atoms with Crippen molar-refractivity contribution in [1.29, 1.82) is 0 Å². The van der Waals surface area contributed by atoms with E-state index in [0.29, 0.717) is 15.7 Å². The number of hydrogen-bond donors (Lipinski definition) is 1. The number of carbonyl (C=O) groups is 1. The number of halogens is 2. The summed E-state index contributed by atoms with van der Waals surface area (Å²) in [6.07, 6.45) is 0. The molecule has 1 N–H and O–H groups in total. The van der Waals surface area contributed by atoms with Gasteiger partial charge in [-0.05, 0) is 50.2 Å². The Kier molecular flexibility index (Phi) is 5.04. The summed E-state index contributed by atoms with van der Waals surface area (Å²) in [5.74, 6) is -0.666. The first-order valence-electron chi connectivity index (χ1n) is 6.72. The molecule has 2 aromatic carbocycles. The molecule has 2 aromatic rings. The van der Waals surface area contributed by atoms with Crippen molar-refractivity contribution >= 4 is 44.6 Å². The summed E-state index contributed by atoms with van der Waals surface area (Å²) in [5, 5.41) is 3.31. The maximum Gasteiger partial charge on any atom is 0.245 e. The summed E-state index contributed by atoms with van der Waals surface area (Å²) in [7, 11) is -3.90. The number of para-hydroxylation sites is 1. The molecule has 23 heavy (non-hydrogen) atoms. The highest BCUT2D eigenvalue weighted by molar-refractivity contribution is 7.93. The van der Waals surface area contributed by atoms with Gasteiger partial charge in [0.25, 0.3) is 0 Å². The van der Waals surface area contributed by atoms with E-state index in [1.807, 2.05) is 0 Å². The molecule has 0 saturated heterocycles. The lowest BCUT2D eigenvalue weighted by Gasteiger charge is -2.24. The molecule has 0 radical (unpaired) electrons. The monoisotopic (exact) mass is 371 g/mol. The molecule has 2 rings (SSSR count). The van der Waals surface area contributed by atoms with Crippen LogP contribution in [0.2, 0.25) is 10.0 Å². The van der Waals surface area contributed by atoms with Crippen molar-refractivity contribution in [2.75, 3.05) is 5.32 Å². The van der Waals surface area contributed by atoms with Crippen LogP contribution in [-0.4, -0.2) is 19.1 Å². The second-order valence-corrected chi connectivity index (χ2v) is 8.74. The summed E-state index contributed by atoms with van der Waals surface area (Å²) in [5.41, 5.74) is 0.360. The maximum absolute atomic E-state index is 12.7. The highest BCUT2D eigenvalue weighted by atomic mass is 35.5. The van der Waals surface area contributed by atoms with Crippen molar-refractivity contribution in [3.63, 3.8) is 0 Å². The number of sulfone groups is 1. The van der Waals surface area contributed by atoms with Gasteiger partial charge in [0.05, 0.1) is 15.6 Å². The molecule has 7 heteroatoms. The molecule has 0 fully saturated rings. The van der Waals surface area contributed by atoms with Gasteiger partial charge >= 0.3 is 0 Å². The van der Waals surface area contributed by atoms with E-state index in [0.717, 1.165) is 0 Å². The minimum atomic E-state index is -3.90. The lowest BCUT2D eigenvalue weighted by atomic mass is 10.2. The molecule has 4 nitrogen and oxygen atoms in total. The smallest absolute Gasteiger partial charge is 0.245 e. The number of rotatable bonds is 4. The zero-order valence-corrected chi connectivity index (χ0v) is 14.8. The minimum absolute atomic E-state index is 0.0289. The van der Waals surface area contributed by atoms with Crippen LogP contribution < -0.4 is 5.32 Å². The lowest BCUT2D eigenvalue weighted by Crippen LogP contribution is -2.44. The first kappa shape index (κ1) is 17.8. The Morgan fingerprint density at radius 2 is 1.57 bits per heavy atom. The largest absolute Gasteiger partial charge is 0.323 e. The second-order valence-electron chi connectivity index (χ2n) is 5.40. The Labute approximate surface area is 145 Å². The average molecular weight is 372 g/mol. The Balaban J connectivity index is 2.34. The van der Waals surface area contributed by atoms with Crippen molar-refractivity contribution < 1.29 is 13.2 Å². The van der Waals surface area contributed by atoms with E-state index >= 15 is 0 Å². The minimum Gasteiger partial charge on any atom is -0.323 e. The van der Waals surface area contributed by atoms with Gasteiger partial charge in [-0.1, -0.05) is 35.3 Å². The Hall–Kier alpha value is -1.56. The standard InChI is InChI=1S/C16H15Cl2NO3S/c1-16(2,15(20)19-14-6-4-3-5-13(14)18)23(21,22)12-9-7-11(17)8-10-12/h3-10H,1-2H3,(H,19,20). The average Bonchev–Trinajstić information content (AvgIpc) is 2.49. The molecular formula is C16H15Cl2NO3S. The van der Waals surface area contributed by atoms with E-state index in [9.17, 15) is 13.2 Å². The summed E-state index contributed by atoms with van der Waals surface area (Å²) in [6.45, 7) is 2.70. The van der Waals surface area contributed by atoms with E-state index in [4.69, 9.17) is 23.2 Å². The molecule has 0 saturated carbocycles. The van der Waals surface area contributed by atoms with Crippen LogP contribution in [0.3, 0.4) is 0 Å². The predicted molar refractivity (Wildman–Crippen MR) is 92.8 cm³/mol. The number of nitrogens with one attached hydrogen (secondary N) is 1. The van der Waals surface area contributed by atoms with E-state index in [1.54, 1.807) is 24.3 Å². The Morgan fingerprint density at radius 1 is 1.00 bits per heavy atom. The van der Waals surface area contributed by atoms with Crippen LogP contribution in [0.5, 0.6) is 0 Å². The molecule has 0 aliphatic rings. The molecule has 1 amide bonds. The number of carbonyl (C=O) groups excluding carboxylic acids is 1. The summed E-state index contributed by atoms with van der Waals surface area (Å²) >= 11 is 11.8. The molecule has 0 heterocycles. The van der Waals surface area contributed by atoms with Gasteiger partial charge in [-0.25, -0.2) is 8.42 Å². The van der Waals surface area contributed by atoms with Gasteiger partial charge in [-0.2, -0.15) is 0 Å². The zero-order chi connectivity index (χ0) is 17.3. The van der Waals surface area contributed by atoms with Crippen LogP contribution in [0.4, 0.5) is 5.69 Å². The number of benzene rings is 2. The van der Waals surface area contributed by atoms with Gasteiger partial charge in [0.15, 0.2) is 9.84 Å². The molecule has 122 valence electrons. The SMILES string of the molecule is CC(C)(C(=O)Nc1ccccc1Cl)S(=O)(=O)c1ccc(Cl)cc1. The van der Waals surface area contributed by atoms with Crippen LogP contribution in [-0.2, 0) is 14.6 Å². The molecule has 0 atom stereocenters. The fourth-order valence-corrected chi connectivity index (χ4v) is 3.55. The fourth-order valence-electron chi connectivity index (χ4n) is 1.87. The molecule has 0 aliphatic carbocycles. The molecular weight excluding hydrogens is 357 g/mol. The van der Waals surface area contributed by atoms with Crippen molar-refractivity contribution in [2.24, 2.45) is 0 Å². The first-order chi connectivity index (χ1) is 10.7. The number of hydrogen-bond acceptors (Lipinski definition) is 3. The number of amides is 1. The van der Waals surface area contributed by atoms with Crippen molar-refractivity contribution in [2.45, 2.75) is 23.5 Å².